The molecule has 1 saturated heterocycles. The molecule has 2 unspecified atom stereocenters. The predicted octanol–water partition coefficient (Wildman–Crippen LogP) is 2.06. The summed E-state index contributed by atoms with van der Waals surface area (Å²) in [5, 5.41) is 9.93. The number of aliphatic hydroxyl groups is 1. The van der Waals surface area contributed by atoms with Gasteiger partial charge in [-0.3, -0.25) is 4.79 Å². The number of aromatic nitrogens is 1. The van der Waals surface area contributed by atoms with Crippen molar-refractivity contribution in [1.82, 2.24) is 9.47 Å². The number of piperidine rings is 1. The van der Waals surface area contributed by atoms with Gasteiger partial charge >= 0.3 is 0 Å². The fourth-order valence-corrected chi connectivity index (χ4v) is 2.95. The van der Waals surface area contributed by atoms with Crippen molar-refractivity contribution in [2.24, 2.45) is 5.92 Å². The molecule has 19 heavy (non-hydrogen) atoms. The van der Waals surface area contributed by atoms with E-state index in [4.69, 9.17) is 0 Å². The maximum Gasteiger partial charge on any atom is 0.270 e. The molecule has 0 radical (unpaired) electrons. The molecule has 4 heteroatoms. The van der Waals surface area contributed by atoms with Crippen molar-refractivity contribution in [3.63, 3.8) is 0 Å². The zero-order valence-corrected chi connectivity index (χ0v) is 11.5. The number of amides is 1. The molecule has 3 rings (SSSR count). The Labute approximate surface area is 114 Å². The normalized spacial score (nSPS) is 28.2. The lowest BCUT2D eigenvalue weighted by Crippen LogP contribution is -2.46. The highest BCUT2D eigenvalue weighted by Gasteiger charge is 2.30. The molecule has 1 saturated carbocycles. The molecule has 4 nitrogen and oxygen atoms in total. The molecule has 104 valence electrons. The summed E-state index contributed by atoms with van der Waals surface area (Å²) < 4.78 is 2.12. The second-order valence-corrected chi connectivity index (χ2v) is 5.97. The minimum Gasteiger partial charge on any atom is -0.391 e. The average Bonchev–Trinajstić information content (AvgIpc) is 2.78. The molecule has 2 aliphatic rings. The molecule has 1 N–H and O–H groups in total. The van der Waals surface area contributed by atoms with Crippen LogP contribution in [0.4, 0.5) is 0 Å². The molecule has 1 aromatic rings. The van der Waals surface area contributed by atoms with Crippen LogP contribution >= 0.6 is 0 Å². The van der Waals surface area contributed by atoms with Crippen LogP contribution in [0.15, 0.2) is 18.3 Å². The summed E-state index contributed by atoms with van der Waals surface area (Å²) in [7, 11) is 0. The zero-order valence-electron chi connectivity index (χ0n) is 11.5. The fraction of sp³-hybridized carbons (Fsp3) is 0.667. The number of aliphatic hydroxyl groups excluding tert-OH is 1. The van der Waals surface area contributed by atoms with E-state index in [0.29, 0.717) is 18.5 Å². The van der Waals surface area contributed by atoms with Crippen molar-refractivity contribution in [1.29, 1.82) is 0 Å². The molecule has 2 atom stereocenters. The minimum atomic E-state index is -0.384. The van der Waals surface area contributed by atoms with E-state index in [9.17, 15) is 9.90 Å². The summed E-state index contributed by atoms with van der Waals surface area (Å²) >= 11 is 0. The first-order chi connectivity index (χ1) is 9.16. The Morgan fingerprint density at radius 2 is 2.16 bits per heavy atom. The Balaban J connectivity index is 1.75. The van der Waals surface area contributed by atoms with Gasteiger partial charge in [-0.1, -0.05) is 6.92 Å². The van der Waals surface area contributed by atoms with Crippen LogP contribution in [-0.4, -0.2) is 39.7 Å². The van der Waals surface area contributed by atoms with Gasteiger partial charge in [0.2, 0.25) is 0 Å². The lowest BCUT2D eigenvalue weighted by molar-refractivity contribution is 0.0240. The highest BCUT2D eigenvalue weighted by molar-refractivity contribution is 5.93. The quantitative estimate of drug-likeness (QED) is 0.886. The van der Waals surface area contributed by atoms with Crippen molar-refractivity contribution in [2.75, 3.05) is 13.1 Å². The van der Waals surface area contributed by atoms with E-state index in [2.05, 4.69) is 4.57 Å². The molecule has 1 aliphatic heterocycles. The third kappa shape index (κ3) is 2.29. The van der Waals surface area contributed by atoms with Crippen LogP contribution in [0.2, 0.25) is 0 Å². The van der Waals surface area contributed by atoms with E-state index in [-0.39, 0.29) is 12.0 Å². The van der Waals surface area contributed by atoms with E-state index < -0.39 is 0 Å². The SMILES string of the molecule is CC1CCN(C(=O)c2cccn2C2CCC2)CC1O. The summed E-state index contributed by atoms with van der Waals surface area (Å²) in [5.41, 5.74) is 0.784. The Kier molecular flexibility index (Phi) is 3.35. The summed E-state index contributed by atoms with van der Waals surface area (Å²) in [6, 6.07) is 4.36. The predicted molar refractivity (Wildman–Crippen MR) is 73.0 cm³/mol. The van der Waals surface area contributed by atoms with E-state index in [1.807, 2.05) is 25.3 Å². The van der Waals surface area contributed by atoms with Gasteiger partial charge in [-0.15, -0.1) is 0 Å². The van der Waals surface area contributed by atoms with Crippen molar-refractivity contribution < 1.29 is 9.90 Å². The van der Waals surface area contributed by atoms with Crippen LogP contribution in [-0.2, 0) is 0 Å². The highest BCUT2D eigenvalue weighted by Crippen LogP contribution is 2.33. The van der Waals surface area contributed by atoms with E-state index >= 15 is 0 Å². The number of hydrogen-bond acceptors (Lipinski definition) is 2. The Morgan fingerprint density at radius 1 is 1.37 bits per heavy atom. The molecule has 2 fully saturated rings. The minimum absolute atomic E-state index is 0.0721. The maximum atomic E-state index is 12.6. The number of likely N-dealkylation sites (tertiary alicyclic amines) is 1. The van der Waals surface area contributed by atoms with Crippen LogP contribution in [0.3, 0.4) is 0 Å². The van der Waals surface area contributed by atoms with Gasteiger partial charge in [0.1, 0.15) is 5.69 Å². The number of rotatable bonds is 2. The Bertz CT molecular complexity index is 464. The topological polar surface area (TPSA) is 45.5 Å². The molecule has 1 amide bonds. The third-order valence-corrected chi connectivity index (χ3v) is 4.67. The van der Waals surface area contributed by atoms with E-state index in [1.165, 1.54) is 19.3 Å². The molecule has 0 spiro atoms. The standard InChI is InChI=1S/C15H22N2O2/c1-11-7-9-16(10-14(11)18)15(19)13-6-3-8-17(13)12-4-2-5-12/h3,6,8,11-12,14,18H,2,4-5,7,9-10H2,1H3. The second kappa shape index (κ2) is 5.00. The van der Waals surface area contributed by atoms with Crippen LogP contribution < -0.4 is 0 Å². The van der Waals surface area contributed by atoms with Crippen LogP contribution in [0, 0.1) is 5.92 Å². The van der Waals surface area contributed by atoms with Gasteiger partial charge < -0.3 is 14.6 Å². The number of nitrogens with zero attached hydrogens (tertiary/aromatic N) is 2. The highest BCUT2D eigenvalue weighted by atomic mass is 16.3. The van der Waals surface area contributed by atoms with Crippen LogP contribution in [0.25, 0.3) is 0 Å². The van der Waals surface area contributed by atoms with Gasteiger partial charge in [-0.25, -0.2) is 0 Å². The summed E-state index contributed by atoms with van der Waals surface area (Å²) in [5.74, 6) is 0.366. The second-order valence-electron chi connectivity index (χ2n) is 5.97. The number of carbonyl (C=O) groups is 1. The Morgan fingerprint density at radius 3 is 2.79 bits per heavy atom. The summed E-state index contributed by atoms with van der Waals surface area (Å²) in [4.78, 5) is 14.4. The molecular weight excluding hydrogens is 240 g/mol. The third-order valence-electron chi connectivity index (χ3n) is 4.67. The first-order valence-corrected chi connectivity index (χ1v) is 7.31. The smallest absolute Gasteiger partial charge is 0.270 e. The van der Waals surface area contributed by atoms with E-state index in [1.54, 1.807) is 4.90 Å². The van der Waals surface area contributed by atoms with Crippen molar-refractivity contribution in [2.45, 2.75) is 44.8 Å². The van der Waals surface area contributed by atoms with Gasteiger partial charge in [0, 0.05) is 25.3 Å². The summed E-state index contributed by atoms with van der Waals surface area (Å²) in [6.45, 7) is 3.27. The van der Waals surface area contributed by atoms with Gasteiger partial charge in [-0.05, 0) is 43.7 Å². The molecule has 0 aromatic carbocycles. The van der Waals surface area contributed by atoms with Gasteiger partial charge in [0.25, 0.3) is 5.91 Å². The van der Waals surface area contributed by atoms with Crippen molar-refractivity contribution in [3.8, 4) is 0 Å². The van der Waals surface area contributed by atoms with Gasteiger partial charge in [0.05, 0.1) is 6.10 Å². The molecule has 0 bridgehead atoms. The molecular formula is C15H22N2O2. The Hall–Kier alpha value is -1.29. The lowest BCUT2D eigenvalue weighted by Gasteiger charge is -2.35. The first kappa shape index (κ1) is 12.7. The number of β-amino-alcohol motifs (C(OH)–C–C–N with tert-alkyl or cyclic N) is 1. The van der Waals surface area contributed by atoms with E-state index in [0.717, 1.165) is 18.7 Å². The molecule has 1 aliphatic carbocycles. The van der Waals surface area contributed by atoms with Crippen LogP contribution in [0.5, 0.6) is 0 Å². The molecule has 2 heterocycles. The van der Waals surface area contributed by atoms with Gasteiger partial charge in [-0.2, -0.15) is 0 Å². The first-order valence-electron chi connectivity index (χ1n) is 7.31. The maximum absolute atomic E-state index is 12.6. The average molecular weight is 262 g/mol. The lowest BCUT2D eigenvalue weighted by atomic mass is 9.92. The summed E-state index contributed by atoms with van der Waals surface area (Å²) in [6.07, 6.45) is 6.13. The largest absolute Gasteiger partial charge is 0.391 e. The fourth-order valence-electron chi connectivity index (χ4n) is 2.95. The van der Waals surface area contributed by atoms with Crippen molar-refractivity contribution >= 4 is 5.91 Å². The zero-order chi connectivity index (χ0) is 13.4. The van der Waals surface area contributed by atoms with Crippen LogP contribution in [0.1, 0.15) is 49.1 Å². The molecule has 1 aromatic heterocycles. The monoisotopic (exact) mass is 262 g/mol. The van der Waals surface area contributed by atoms with Gasteiger partial charge in [0.15, 0.2) is 0 Å². The number of hydrogen-bond donors (Lipinski definition) is 1. The number of carbonyl (C=O) groups excluding carboxylic acids is 1. The van der Waals surface area contributed by atoms with Crippen molar-refractivity contribution in [3.05, 3.63) is 24.0 Å².